The fourth-order valence-electron chi connectivity index (χ4n) is 5.37. The topological polar surface area (TPSA) is 111 Å². The van der Waals surface area contributed by atoms with Crippen LogP contribution in [0.3, 0.4) is 0 Å². The zero-order valence-corrected chi connectivity index (χ0v) is 21.5. The highest BCUT2D eigenvalue weighted by Crippen LogP contribution is 2.33. The summed E-state index contributed by atoms with van der Waals surface area (Å²) < 4.78 is 17.4. The van der Waals surface area contributed by atoms with Crippen molar-refractivity contribution in [3.8, 4) is 5.75 Å². The molecule has 10 heteroatoms. The summed E-state index contributed by atoms with van der Waals surface area (Å²) >= 11 is 0. The SMILES string of the molecule is O=C(N[C@H]1CCOC1)c1ccc(NC2CCC(Oc3cc(N4CCOCC4)cc4nccnc34)CC2)nc1. The number of hydrogen-bond donors (Lipinski definition) is 2. The third kappa shape index (κ3) is 5.81. The number of morpholine rings is 1. The second-order valence-electron chi connectivity index (χ2n) is 10.2. The van der Waals surface area contributed by atoms with Gasteiger partial charge in [-0.05, 0) is 50.3 Å². The smallest absolute Gasteiger partial charge is 0.253 e. The largest absolute Gasteiger partial charge is 0.488 e. The molecule has 3 aromatic rings. The van der Waals surface area contributed by atoms with Crippen molar-refractivity contribution < 1.29 is 19.0 Å². The zero-order valence-electron chi connectivity index (χ0n) is 21.5. The summed E-state index contributed by atoms with van der Waals surface area (Å²) in [6.07, 6.45) is 9.88. The maximum atomic E-state index is 12.4. The Morgan fingerprint density at radius 1 is 0.921 bits per heavy atom. The van der Waals surface area contributed by atoms with Crippen LogP contribution in [0.1, 0.15) is 42.5 Å². The molecule has 2 aliphatic heterocycles. The summed E-state index contributed by atoms with van der Waals surface area (Å²) in [7, 11) is 0. The molecule has 10 nitrogen and oxygen atoms in total. The van der Waals surface area contributed by atoms with Crippen molar-refractivity contribution in [2.45, 2.75) is 50.3 Å². The first-order chi connectivity index (χ1) is 18.7. The molecule has 2 N–H and O–H groups in total. The minimum atomic E-state index is -0.105. The molecule has 38 heavy (non-hydrogen) atoms. The Balaban J connectivity index is 1.04. The molecule has 3 fully saturated rings. The first kappa shape index (κ1) is 24.8. The molecule has 6 rings (SSSR count). The number of nitrogens with zero attached hydrogens (tertiary/aromatic N) is 4. The normalized spacial score (nSPS) is 23.8. The van der Waals surface area contributed by atoms with Crippen LogP contribution in [0.25, 0.3) is 11.0 Å². The van der Waals surface area contributed by atoms with Gasteiger partial charge in [-0.25, -0.2) is 9.97 Å². The highest BCUT2D eigenvalue weighted by Gasteiger charge is 2.25. The number of carbonyl (C=O) groups excluding carboxylic acids is 1. The third-order valence-corrected chi connectivity index (χ3v) is 7.51. The Morgan fingerprint density at radius 3 is 2.53 bits per heavy atom. The molecule has 0 unspecified atom stereocenters. The molecule has 2 aromatic heterocycles. The van der Waals surface area contributed by atoms with E-state index in [0.29, 0.717) is 24.8 Å². The lowest BCUT2D eigenvalue weighted by Crippen LogP contribution is -2.36. The predicted molar refractivity (Wildman–Crippen MR) is 144 cm³/mol. The van der Waals surface area contributed by atoms with Crippen LogP contribution in [0, 0.1) is 0 Å². The van der Waals surface area contributed by atoms with E-state index in [1.807, 2.05) is 12.1 Å². The van der Waals surface area contributed by atoms with Crippen molar-refractivity contribution in [1.29, 1.82) is 0 Å². The molecule has 200 valence electrons. The lowest BCUT2D eigenvalue weighted by molar-refractivity contribution is 0.0929. The van der Waals surface area contributed by atoms with Crippen LogP contribution in [0.4, 0.5) is 11.5 Å². The maximum Gasteiger partial charge on any atom is 0.253 e. The number of anilines is 2. The van der Waals surface area contributed by atoms with Crippen LogP contribution >= 0.6 is 0 Å². The van der Waals surface area contributed by atoms with Gasteiger partial charge in [-0.3, -0.25) is 9.78 Å². The van der Waals surface area contributed by atoms with Gasteiger partial charge >= 0.3 is 0 Å². The molecular formula is C28H34N6O4. The Bertz CT molecular complexity index is 1240. The number of carbonyl (C=O) groups is 1. The number of amides is 1. The van der Waals surface area contributed by atoms with Gasteiger partial charge in [0.2, 0.25) is 0 Å². The Hall–Kier alpha value is -3.50. The fourth-order valence-corrected chi connectivity index (χ4v) is 5.37. The van der Waals surface area contributed by atoms with Gasteiger partial charge in [-0.1, -0.05) is 0 Å². The summed E-state index contributed by atoms with van der Waals surface area (Å²) in [5, 5.41) is 6.53. The van der Waals surface area contributed by atoms with Crippen molar-refractivity contribution in [3.05, 3.63) is 48.4 Å². The Kier molecular flexibility index (Phi) is 7.50. The highest BCUT2D eigenvalue weighted by atomic mass is 16.5. The third-order valence-electron chi connectivity index (χ3n) is 7.51. The first-order valence-electron chi connectivity index (χ1n) is 13.6. The summed E-state index contributed by atoms with van der Waals surface area (Å²) in [5.41, 5.74) is 3.32. The Labute approximate surface area is 222 Å². The van der Waals surface area contributed by atoms with Gasteiger partial charge in [0.05, 0.1) is 43.0 Å². The van der Waals surface area contributed by atoms with Gasteiger partial charge in [-0.2, -0.15) is 0 Å². The van der Waals surface area contributed by atoms with Crippen LogP contribution in [0.2, 0.25) is 0 Å². The quantitative estimate of drug-likeness (QED) is 0.487. The van der Waals surface area contributed by atoms with E-state index < -0.39 is 0 Å². The second-order valence-corrected chi connectivity index (χ2v) is 10.2. The number of ether oxygens (including phenoxy) is 3. The summed E-state index contributed by atoms with van der Waals surface area (Å²) in [5.74, 6) is 1.48. The molecular weight excluding hydrogens is 484 g/mol. The second kappa shape index (κ2) is 11.5. The molecule has 1 aromatic carbocycles. The van der Waals surface area contributed by atoms with Crippen LogP contribution in [0.5, 0.6) is 5.75 Å². The monoisotopic (exact) mass is 518 g/mol. The van der Waals surface area contributed by atoms with Crippen molar-refractivity contribution in [3.63, 3.8) is 0 Å². The first-order valence-corrected chi connectivity index (χ1v) is 13.6. The van der Waals surface area contributed by atoms with Crippen LogP contribution < -0.4 is 20.3 Å². The molecule has 0 spiro atoms. The summed E-state index contributed by atoms with van der Waals surface area (Å²) in [4.78, 5) is 28.3. The standard InChI is InChI=1S/C28H34N6O4/c35-28(33-21-7-12-37-18-21)19-1-6-26(31-17-19)32-20-2-4-23(5-3-20)38-25-16-22(34-10-13-36-14-11-34)15-24-27(25)30-9-8-29-24/h1,6,8-9,15-17,20-21,23H,2-5,7,10-14,18H2,(H,31,32)(H,33,35)/t20?,21-,23?/m0/s1. The minimum absolute atomic E-state index is 0.0876. The van der Waals surface area contributed by atoms with E-state index in [4.69, 9.17) is 14.2 Å². The van der Waals surface area contributed by atoms with E-state index in [2.05, 4.69) is 42.6 Å². The van der Waals surface area contributed by atoms with Crippen LogP contribution in [0.15, 0.2) is 42.9 Å². The van der Waals surface area contributed by atoms with Gasteiger partial charge < -0.3 is 29.7 Å². The van der Waals surface area contributed by atoms with E-state index >= 15 is 0 Å². The molecule has 0 radical (unpaired) electrons. The minimum Gasteiger partial charge on any atom is -0.488 e. The number of pyridine rings is 1. The van der Waals surface area contributed by atoms with Crippen LogP contribution in [-0.2, 0) is 9.47 Å². The highest BCUT2D eigenvalue weighted by molar-refractivity contribution is 5.94. The van der Waals surface area contributed by atoms with Gasteiger partial charge in [0.15, 0.2) is 0 Å². The summed E-state index contributed by atoms with van der Waals surface area (Å²) in [6.45, 7) is 4.45. The molecule has 2 saturated heterocycles. The van der Waals surface area contributed by atoms with Crippen molar-refractivity contribution >= 4 is 28.4 Å². The lowest BCUT2D eigenvalue weighted by atomic mass is 9.93. The zero-order chi connectivity index (χ0) is 25.7. The van der Waals surface area contributed by atoms with E-state index in [9.17, 15) is 4.79 Å². The molecule has 3 aliphatic rings. The van der Waals surface area contributed by atoms with Crippen molar-refractivity contribution in [1.82, 2.24) is 20.3 Å². The van der Waals surface area contributed by atoms with Crippen LogP contribution in [-0.4, -0.2) is 78.6 Å². The average molecular weight is 519 g/mol. The number of aromatic nitrogens is 3. The van der Waals surface area contributed by atoms with Gasteiger partial charge in [0.25, 0.3) is 5.91 Å². The molecule has 1 amide bonds. The Morgan fingerprint density at radius 2 is 1.76 bits per heavy atom. The number of fused-ring (bicyclic) bond motifs is 1. The predicted octanol–water partition coefficient (Wildman–Crippen LogP) is 3.18. The molecule has 1 saturated carbocycles. The van der Waals surface area contributed by atoms with E-state index in [-0.39, 0.29) is 18.1 Å². The van der Waals surface area contributed by atoms with Gasteiger partial charge in [0, 0.05) is 56.1 Å². The number of hydrogen-bond acceptors (Lipinski definition) is 9. The molecule has 1 aliphatic carbocycles. The van der Waals surface area contributed by atoms with E-state index in [1.165, 1.54) is 0 Å². The number of rotatable bonds is 7. The van der Waals surface area contributed by atoms with E-state index in [0.717, 1.165) is 86.7 Å². The van der Waals surface area contributed by atoms with Gasteiger partial charge in [0.1, 0.15) is 17.1 Å². The van der Waals surface area contributed by atoms with Crippen molar-refractivity contribution in [2.24, 2.45) is 0 Å². The lowest BCUT2D eigenvalue weighted by Gasteiger charge is -2.31. The molecule has 1 atom stereocenters. The van der Waals surface area contributed by atoms with Gasteiger partial charge in [-0.15, -0.1) is 0 Å². The maximum absolute atomic E-state index is 12.4. The summed E-state index contributed by atoms with van der Waals surface area (Å²) in [6, 6.07) is 8.30. The number of nitrogens with one attached hydrogen (secondary N) is 2. The average Bonchev–Trinajstić information content (AvgIpc) is 3.48. The van der Waals surface area contributed by atoms with Crippen molar-refractivity contribution in [2.75, 3.05) is 49.7 Å². The fraction of sp³-hybridized carbons (Fsp3) is 0.500. The van der Waals surface area contributed by atoms with E-state index in [1.54, 1.807) is 18.6 Å². The molecule has 4 heterocycles. The molecule has 0 bridgehead atoms. The number of benzene rings is 1.